The van der Waals surface area contributed by atoms with E-state index in [0.29, 0.717) is 6.04 Å². The molecule has 3 heteroatoms. The molecule has 3 nitrogen and oxygen atoms in total. The van der Waals surface area contributed by atoms with Gasteiger partial charge in [-0.3, -0.25) is 0 Å². The van der Waals surface area contributed by atoms with Gasteiger partial charge < -0.3 is 9.88 Å². The molecule has 0 spiro atoms. The Morgan fingerprint density at radius 2 is 2.00 bits per heavy atom. The normalized spacial score (nSPS) is 19.3. The van der Waals surface area contributed by atoms with Crippen LogP contribution in [0.15, 0.2) is 30.7 Å². The van der Waals surface area contributed by atoms with E-state index in [9.17, 15) is 0 Å². The summed E-state index contributed by atoms with van der Waals surface area (Å²) in [7, 11) is 0. The Labute approximate surface area is 108 Å². The standard InChI is InChI=1S/C15H19N3/c1-11-6-12(2)8-13(7-11)18-10-16-9-15(18)14-4-3-5-17-14/h6-10,14,17H,3-5H2,1-2H3/t14-/m0/s1. The molecule has 1 saturated heterocycles. The van der Waals surface area contributed by atoms with Crippen LogP contribution in [0.2, 0.25) is 0 Å². The van der Waals surface area contributed by atoms with Crippen LogP contribution in [0.25, 0.3) is 5.69 Å². The molecule has 0 unspecified atom stereocenters. The van der Waals surface area contributed by atoms with Crippen LogP contribution in [0.5, 0.6) is 0 Å². The van der Waals surface area contributed by atoms with Crippen molar-refractivity contribution in [1.29, 1.82) is 0 Å². The van der Waals surface area contributed by atoms with Gasteiger partial charge in [-0.25, -0.2) is 4.98 Å². The van der Waals surface area contributed by atoms with Crippen molar-refractivity contribution >= 4 is 0 Å². The van der Waals surface area contributed by atoms with Crippen molar-refractivity contribution in [2.24, 2.45) is 0 Å². The van der Waals surface area contributed by atoms with Crippen LogP contribution in [-0.2, 0) is 0 Å². The number of hydrogen-bond acceptors (Lipinski definition) is 2. The topological polar surface area (TPSA) is 29.9 Å². The summed E-state index contributed by atoms with van der Waals surface area (Å²) >= 11 is 0. The first-order chi connectivity index (χ1) is 8.74. The molecule has 3 rings (SSSR count). The summed E-state index contributed by atoms with van der Waals surface area (Å²) in [6.07, 6.45) is 6.36. The lowest BCUT2D eigenvalue weighted by Crippen LogP contribution is -2.16. The summed E-state index contributed by atoms with van der Waals surface area (Å²) in [5.74, 6) is 0. The second-order valence-electron chi connectivity index (χ2n) is 5.18. The molecule has 1 aromatic carbocycles. The highest BCUT2D eigenvalue weighted by molar-refractivity contribution is 5.41. The largest absolute Gasteiger partial charge is 0.309 e. The minimum atomic E-state index is 0.452. The Hall–Kier alpha value is -1.61. The number of aromatic nitrogens is 2. The average molecular weight is 241 g/mol. The molecule has 1 aromatic heterocycles. The summed E-state index contributed by atoms with van der Waals surface area (Å²) in [6.45, 7) is 5.39. The zero-order valence-electron chi connectivity index (χ0n) is 11.0. The third-order valence-corrected chi connectivity index (χ3v) is 3.57. The zero-order chi connectivity index (χ0) is 12.5. The van der Waals surface area contributed by atoms with E-state index in [1.54, 1.807) is 0 Å². The quantitative estimate of drug-likeness (QED) is 0.876. The zero-order valence-corrected chi connectivity index (χ0v) is 11.0. The van der Waals surface area contributed by atoms with Gasteiger partial charge in [0.2, 0.25) is 0 Å². The lowest BCUT2D eigenvalue weighted by Gasteiger charge is -2.15. The molecule has 18 heavy (non-hydrogen) atoms. The van der Waals surface area contributed by atoms with E-state index in [-0.39, 0.29) is 0 Å². The predicted molar refractivity (Wildman–Crippen MR) is 73.0 cm³/mol. The molecule has 0 radical (unpaired) electrons. The van der Waals surface area contributed by atoms with Crippen LogP contribution in [0.4, 0.5) is 0 Å². The average Bonchev–Trinajstić information content (AvgIpc) is 2.98. The number of nitrogens with one attached hydrogen (secondary N) is 1. The summed E-state index contributed by atoms with van der Waals surface area (Å²) in [4.78, 5) is 4.33. The molecule has 1 aliphatic heterocycles. The van der Waals surface area contributed by atoms with Crippen LogP contribution < -0.4 is 5.32 Å². The molecule has 2 aromatic rings. The summed E-state index contributed by atoms with van der Waals surface area (Å²) in [5.41, 5.74) is 5.08. The van der Waals surface area contributed by atoms with Gasteiger partial charge in [-0.2, -0.15) is 0 Å². The second kappa shape index (κ2) is 4.58. The van der Waals surface area contributed by atoms with Gasteiger partial charge in [0.1, 0.15) is 0 Å². The number of aryl methyl sites for hydroxylation is 2. The Kier molecular flexibility index (Phi) is 2.92. The highest BCUT2D eigenvalue weighted by Gasteiger charge is 2.20. The van der Waals surface area contributed by atoms with E-state index < -0.39 is 0 Å². The first-order valence-corrected chi connectivity index (χ1v) is 6.58. The van der Waals surface area contributed by atoms with Crippen molar-refractivity contribution in [3.63, 3.8) is 0 Å². The highest BCUT2D eigenvalue weighted by atomic mass is 15.1. The van der Waals surface area contributed by atoms with Gasteiger partial charge in [0, 0.05) is 11.7 Å². The fraction of sp³-hybridized carbons (Fsp3) is 0.400. The van der Waals surface area contributed by atoms with E-state index in [0.717, 1.165) is 6.54 Å². The van der Waals surface area contributed by atoms with E-state index in [1.165, 1.54) is 35.3 Å². The van der Waals surface area contributed by atoms with E-state index in [2.05, 4.69) is 46.9 Å². The third-order valence-electron chi connectivity index (χ3n) is 3.57. The Bertz CT molecular complexity index is 530. The number of rotatable bonds is 2. The van der Waals surface area contributed by atoms with Crippen LogP contribution in [0, 0.1) is 13.8 Å². The number of imidazole rings is 1. The van der Waals surface area contributed by atoms with E-state index >= 15 is 0 Å². The molecule has 1 N–H and O–H groups in total. The van der Waals surface area contributed by atoms with Crippen molar-refractivity contribution in [3.8, 4) is 5.69 Å². The summed E-state index contributed by atoms with van der Waals surface area (Å²) in [5, 5.41) is 3.54. The van der Waals surface area contributed by atoms with E-state index in [1.807, 2.05) is 12.5 Å². The first-order valence-electron chi connectivity index (χ1n) is 6.58. The third kappa shape index (κ3) is 2.06. The number of benzene rings is 1. The molecule has 0 amide bonds. The predicted octanol–water partition coefficient (Wildman–Crippen LogP) is 2.91. The van der Waals surface area contributed by atoms with Gasteiger partial charge in [-0.15, -0.1) is 0 Å². The lowest BCUT2D eigenvalue weighted by molar-refractivity contribution is 0.615. The van der Waals surface area contributed by atoms with Gasteiger partial charge in [0.05, 0.1) is 18.2 Å². The maximum absolute atomic E-state index is 4.33. The van der Waals surface area contributed by atoms with Gasteiger partial charge in [-0.05, 0) is 56.5 Å². The fourth-order valence-electron chi connectivity index (χ4n) is 2.81. The van der Waals surface area contributed by atoms with Crippen LogP contribution in [0.3, 0.4) is 0 Å². The molecule has 94 valence electrons. The van der Waals surface area contributed by atoms with Gasteiger partial charge in [0.15, 0.2) is 0 Å². The molecule has 1 atom stereocenters. The molecule has 0 bridgehead atoms. The van der Waals surface area contributed by atoms with Crippen LogP contribution >= 0.6 is 0 Å². The van der Waals surface area contributed by atoms with Gasteiger partial charge in [0.25, 0.3) is 0 Å². The number of nitrogens with zero attached hydrogens (tertiary/aromatic N) is 2. The van der Waals surface area contributed by atoms with Crippen LogP contribution in [0.1, 0.15) is 35.7 Å². The molecule has 1 fully saturated rings. The maximum atomic E-state index is 4.33. The van der Waals surface area contributed by atoms with Crippen molar-refractivity contribution in [1.82, 2.24) is 14.9 Å². The maximum Gasteiger partial charge on any atom is 0.0994 e. The molecule has 1 aliphatic rings. The van der Waals surface area contributed by atoms with Gasteiger partial charge >= 0.3 is 0 Å². The minimum absolute atomic E-state index is 0.452. The number of hydrogen-bond donors (Lipinski definition) is 1. The fourth-order valence-corrected chi connectivity index (χ4v) is 2.81. The Morgan fingerprint density at radius 1 is 1.22 bits per heavy atom. The van der Waals surface area contributed by atoms with E-state index in [4.69, 9.17) is 0 Å². The molecular formula is C15H19N3. The van der Waals surface area contributed by atoms with Gasteiger partial charge in [-0.1, -0.05) is 6.07 Å². The second-order valence-corrected chi connectivity index (χ2v) is 5.18. The summed E-state index contributed by atoms with van der Waals surface area (Å²) in [6, 6.07) is 7.09. The monoisotopic (exact) mass is 241 g/mol. The van der Waals surface area contributed by atoms with Crippen molar-refractivity contribution in [2.75, 3.05) is 6.54 Å². The van der Waals surface area contributed by atoms with Crippen molar-refractivity contribution in [3.05, 3.63) is 47.5 Å². The van der Waals surface area contributed by atoms with Crippen LogP contribution in [-0.4, -0.2) is 16.1 Å². The smallest absolute Gasteiger partial charge is 0.0994 e. The minimum Gasteiger partial charge on any atom is -0.309 e. The Balaban J connectivity index is 2.03. The molecule has 0 aliphatic carbocycles. The van der Waals surface area contributed by atoms with Crippen molar-refractivity contribution < 1.29 is 0 Å². The SMILES string of the molecule is Cc1cc(C)cc(-n2cncc2[C@@H]2CCCN2)c1. The first kappa shape index (κ1) is 11.5. The van der Waals surface area contributed by atoms with Crippen molar-refractivity contribution in [2.45, 2.75) is 32.7 Å². The summed E-state index contributed by atoms with van der Waals surface area (Å²) < 4.78 is 2.21. The Morgan fingerprint density at radius 3 is 2.67 bits per heavy atom. The molecular weight excluding hydrogens is 222 g/mol. The lowest BCUT2D eigenvalue weighted by atomic mass is 10.1. The molecule has 2 heterocycles. The highest BCUT2D eigenvalue weighted by Crippen LogP contribution is 2.25. The molecule has 0 saturated carbocycles.